The van der Waals surface area contributed by atoms with E-state index in [9.17, 15) is 4.79 Å². The SMILES string of the molecule is C=CCOc1ccc(-c2nn(-c3ccccc3)cc2C=C2SC(N3CCOCC3)=NC2=O)c(C)c1. The normalized spacial score (nSPS) is 17.1. The number of amidine groups is 1. The Morgan fingerprint density at radius 2 is 1.97 bits per heavy atom. The van der Waals surface area contributed by atoms with Crippen molar-refractivity contribution in [3.05, 3.63) is 83.4 Å². The quantitative estimate of drug-likeness (QED) is 0.371. The summed E-state index contributed by atoms with van der Waals surface area (Å²) in [7, 11) is 0. The molecule has 1 fully saturated rings. The van der Waals surface area contributed by atoms with Crippen molar-refractivity contribution in [2.24, 2.45) is 4.99 Å². The Labute approximate surface area is 208 Å². The van der Waals surface area contributed by atoms with E-state index in [1.54, 1.807) is 6.08 Å². The molecular weight excluding hydrogens is 460 g/mol. The zero-order valence-corrected chi connectivity index (χ0v) is 20.3. The molecule has 7 nitrogen and oxygen atoms in total. The first-order chi connectivity index (χ1) is 17.1. The number of carbonyl (C=O) groups is 1. The van der Waals surface area contributed by atoms with E-state index in [1.807, 2.05) is 72.4 Å². The van der Waals surface area contributed by atoms with E-state index < -0.39 is 0 Å². The summed E-state index contributed by atoms with van der Waals surface area (Å²) < 4.78 is 13.0. The molecule has 3 heterocycles. The number of aromatic nitrogens is 2. The lowest BCUT2D eigenvalue weighted by molar-refractivity contribution is -0.113. The number of aliphatic imine (C=N–C) groups is 1. The molecule has 5 rings (SSSR count). The largest absolute Gasteiger partial charge is 0.490 e. The highest BCUT2D eigenvalue weighted by Gasteiger charge is 2.28. The Morgan fingerprint density at radius 1 is 1.17 bits per heavy atom. The van der Waals surface area contributed by atoms with Gasteiger partial charge in [-0.05, 0) is 60.7 Å². The number of rotatable bonds is 6. The minimum atomic E-state index is -0.222. The summed E-state index contributed by atoms with van der Waals surface area (Å²) in [5.41, 5.74) is 4.59. The monoisotopic (exact) mass is 486 g/mol. The van der Waals surface area contributed by atoms with Crippen LogP contribution in [-0.2, 0) is 9.53 Å². The lowest BCUT2D eigenvalue weighted by Gasteiger charge is -2.27. The Balaban J connectivity index is 1.51. The summed E-state index contributed by atoms with van der Waals surface area (Å²) in [6, 6.07) is 15.9. The van der Waals surface area contributed by atoms with Crippen molar-refractivity contribution in [1.29, 1.82) is 0 Å². The maximum atomic E-state index is 12.8. The van der Waals surface area contributed by atoms with E-state index in [1.165, 1.54) is 11.8 Å². The number of para-hydroxylation sites is 1. The number of hydrogen-bond acceptors (Lipinski definition) is 6. The van der Waals surface area contributed by atoms with Gasteiger partial charge in [0, 0.05) is 30.4 Å². The standard InChI is InChI=1S/C27H26N4O3S/c1-3-13-34-22-9-10-23(19(2)16-22)25-20(18-31(29-25)21-7-5-4-6-8-21)17-24-26(32)28-27(35-24)30-11-14-33-15-12-30/h3-10,16-18H,1,11-15H2,2H3. The van der Waals surface area contributed by atoms with Gasteiger partial charge in [-0.2, -0.15) is 10.1 Å². The van der Waals surface area contributed by atoms with E-state index in [0.29, 0.717) is 24.7 Å². The van der Waals surface area contributed by atoms with Gasteiger partial charge in [-0.25, -0.2) is 4.68 Å². The van der Waals surface area contributed by atoms with E-state index in [0.717, 1.165) is 52.1 Å². The second-order valence-electron chi connectivity index (χ2n) is 8.20. The van der Waals surface area contributed by atoms with Crippen LogP contribution in [0.5, 0.6) is 5.75 Å². The topological polar surface area (TPSA) is 68.9 Å². The van der Waals surface area contributed by atoms with Crippen molar-refractivity contribution < 1.29 is 14.3 Å². The van der Waals surface area contributed by atoms with Crippen LogP contribution < -0.4 is 4.74 Å². The van der Waals surface area contributed by atoms with Crippen molar-refractivity contribution in [3.63, 3.8) is 0 Å². The predicted molar refractivity (Wildman–Crippen MR) is 140 cm³/mol. The van der Waals surface area contributed by atoms with Crippen LogP contribution in [0.3, 0.4) is 0 Å². The fourth-order valence-electron chi connectivity index (χ4n) is 3.99. The van der Waals surface area contributed by atoms with E-state index in [4.69, 9.17) is 14.6 Å². The minimum Gasteiger partial charge on any atom is -0.490 e. The number of morpholine rings is 1. The van der Waals surface area contributed by atoms with Gasteiger partial charge in [0.25, 0.3) is 5.91 Å². The zero-order valence-electron chi connectivity index (χ0n) is 19.5. The Kier molecular flexibility index (Phi) is 6.83. The Bertz CT molecular complexity index is 1310. The molecule has 2 aliphatic heterocycles. The van der Waals surface area contributed by atoms with E-state index in [-0.39, 0.29) is 5.91 Å². The van der Waals surface area contributed by atoms with Crippen LogP contribution in [0.2, 0.25) is 0 Å². The number of hydrogen-bond donors (Lipinski definition) is 0. The fraction of sp³-hybridized carbons (Fsp3) is 0.222. The van der Waals surface area contributed by atoms with Crippen LogP contribution in [0.1, 0.15) is 11.1 Å². The molecule has 0 bridgehead atoms. The van der Waals surface area contributed by atoms with E-state index >= 15 is 0 Å². The Morgan fingerprint density at radius 3 is 2.71 bits per heavy atom. The third-order valence-electron chi connectivity index (χ3n) is 5.76. The lowest BCUT2D eigenvalue weighted by atomic mass is 10.0. The highest BCUT2D eigenvalue weighted by atomic mass is 32.2. The maximum Gasteiger partial charge on any atom is 0.286 e. The summed E-state index contributed by atoms with van der Waals surface area (Å²) in [6.07, 6.45) is 5.58. The maximum absolute atomic E-state index is 12.8. The van der Waals surface area contributed by atoms with Crippen molar-refractivity contribution in [3.8, 4) is 22.7 Å². The third kappa shape index (κ3) is 5.08. The molecule has 1 aromatic heterocycles. The molecule has 178 valence electrons. The summed E-state index contributed by atoms with van der Waals surface area (Å²) >= 11 is 1.41. The zero-order chi connectivity index (χ0) is 24.2. The molecule has 1 saturated heterocycles. The summed E-state index contributed by atoms with van der Waals surface area (Å²) in [6.45, 7) is 8.95. The minimum absolute atomic E-state index is 0.222. The predicted octanol–water partition coefficient (Wildman–Crippen LogP) is 4.72. The number of nitrogens with zero attached hydrogens (tertiary/aromatic N) is 4. The molecule has 0 unspecified atom stereocenters. The molecule has 0 spiro atoms. The number of amides is 1. The first-order valence-electron chi connectivity index (χ1n) is 11.5. The number of ether oxygens (including phenoxy) is 2. The van der Waals surface area contributed by atoms with Crippen LogP contribution >= 0.6 is 11.8 Å². The molecule has 0 atom stereocenters. The summed E-state index contributed by atoms with van der Waals surface area (Å²) in [5, 5.41) is 5.65. The van der Waals surface area contributed by atoms with Gasteiger partial charge in [-0.3, -0.25) is 4.79 Å². The molecule has 35 heavy (non-hydrogen) atoms. The van der Waals surface area contributed by atoms with Crippen molar-refractivity contribution in [2.75, 3.05) is 32.9 Å². The number of carbonyl (C=O) groups excluding carboxylic acids is 1. The van der Waals surface area contributed by atoms with Gasteiger partial charge in [-0.15, -0.1) is 0 Å². The average molecular weight is 487 g/mol. The molecule has 1 amide bonds. The van der Waals surface area contributed by atoms with E-state index in [2.05, 4.69) is 16.5 Å². The highest BCUT2D eigenvalue weighted by Crippen LogP contribution is 2.35. The van der Waals surface area contributed by atoms with Crippen LogP contribution in [0, 0.1) is 6.92 Å². The van der Waals surface area contributed by atoms with Gasteiger partial charge in [0.05, 0.1) is 23.8 Å². The van der Waals surface area contributed by atoms with Gasteiger partial charge in [0.2, 0.25) is 0 Å². The summed E-state index contributed by atoms with van der Waals surface area (Å²) in [5.74, 6) is 0.554. The van der Waals surface area contributed by atoms with Crippen LogP contribution in [-0.4, -0.2) is 58.7 Å². The molecule has 8 heteroatoms. The molecule has 0 saturated carbocycles. The molecule has 0 aliphatic carbocycles. The molecule has 3 aromatic rings. The number of benzene rings is 2. The van der Waals surface area contributed by atoms with Crippen molar-refractivity contribution in [1.82, 2.24) is 14.7 Å². The molecule has 2 aromatic carbocycles. The van der Waals surface area contributed by atoms with Gasteiger partial charge in [0.15, 0.2) is 5.17 Å². The van der Waals surface area contributed by atoms with Crippen LogP contribution in [0.4, 0.5) is 0 Å². The molecule has 2 aliphatic rings. The van der Waals surface area contributed by atoms with Gasteiger partial charge >= 0.3 is 0 Å². The van der Waals surface area contributed by atoms with Gasteiger partial charge in [0.1, 0.15) is 18.1 Å². The first-order valence-corrected chi connectivity index (χ1v) is 12.3. The van der Waals surface area contributed by atoms with Crippen molar-refractivity contribution >= 4 is 28.9 Å². The number of thioether (sulfide) groups is 1. The number of aryl methyl sites for hydroxylation is 1. The lowest BCUT2D eigenvalue weighted by Crippen LogP contribution is -2.38. The second kappa shape index (κ2) is 10.3. The summed E-state index contributed by atoms with van der Waals surface area (Å²) in [4.78, 5) is 19.8. The van der Waals surface area contributed by atoms with Gasteiger partial charge in [-0.1, -0.05) is 30.9 Å². The average Bonchev–Trinajstić information content (AvgIpc) is 3.47. The smallest absolute Gasteiger partial charge is 0.286 e. The molecule has 0 N–H and O–H groups in total. The molecule has 0 radical (unpaired) electrons. The fourth-order valence-corrected chi connectivity index (χ4v) is 4.95. The highest BCUT2D eigenvalue weighted by molar-refractivity contribution is 8.18. The van der Waals surface area contributed by atoms with Crippen LogP contribution in [0.25, 0.3) is 23.0 Å². The molecular formula is C27H26N4O3S. The first kappa shape index (κ1) is 23.1. The van der Waals surface area contributed by atoms with Crippen molar-refractivity contribution in [2.45, 2.75) is 6.92 Å². The second-order valence-corrected chi connectivity index (χ2v) is 9.21. The van der Waals surface area contributed by atoms with Gasteiger partial charge < -0.3 is 14.4 Å². The Hall–Kier alpha value is -3.62. The third-order valence-corrected chi connectivity index (χ3v) is 6.81. The van der Waals surface area contributed by atoms with Crippen LogP contribution in [0.15, 0.2) is 77.3 Å².